The van der Waals surface area contributed by atoms with Crippen molar-refractivity contribution in [2.75, 3.05) is 11.9 Å². The molecular formula is C13H14ClN5S. The van der Waals surface area contributed by atoms with Gasteiger partial charge in [0.05, 0.1) is 5.39 Å². The Kier molecular flexibility index (Phi) is 3.58. The van der Waals surface area contributed by atoms with Crippen molar-refractivity contribution in [3.05, 3.63) is 34.4 Å². The van der Waals surface area contributed by atoms with Gasteiger partial charge in [-0.3, -0.25) is 0 Å². The molecule has 0 radical (unpaired) electrons. The van der Waals surface area contributed by atoms with E-state index in [1.165, 1.54) is 4.88 Å². The van der Waals surface area contributed by atoms with Crippen molar-refractivity contribution in [2.24, 2.45) is 7.05 Å². The van der Waals surface area contributed by atoms with Gasteiger partial charge in [-0.2, -0.15) is 0 Å². The van der Waals surface area contributed by atoms with Crippen LogP contribution in [0.1, 0.15) is 10.7 Å². The van der Waals surface area contributed by atoms with Gasteiger partial charge in [-0.25, -0.2) is 15.0 Å². The number of nitrogens with zero attached hydrogens (tertiary/aromatic N) is 4. The van der Waals surface area contributed by atoms with Crippen LogP contribution in [-0.2, 0) is 13.5 Å². The van der Waals surface area contributed by atoms with E-state index in [1.807, 2.05) is 17.8 Å². The summed E-state index contributed by atoms with van der Waals surface area (Å²) in [6.45, 7) is 2.81. The third-order valence-electron chi connectivity index (χ3n) is 3.05. The number of hydrogen-bond donors (Lipinski definition) is 1. The molecule has 104 valence electrons. The van der Waals surface area contributed by atoms with Gasteiger partial charge in [0.15, 0.2) is 0 Å². The smallest absolute Gasteiger partial charge is 0.225 e. The van der Waals surface area contributed by atoms with Crippen LogP contribution in [0.25, 0.3) is 10.2 Å². The Hall–Kier alpha value is -1.66. The predicted molar refractivity (Wildman–Crippen MR) is 82.6 cm³/mol. The van der Waals surface area contributed by atoms with Crippen molar-refractivity contribution in [3.8, 4) is 0 Å². The topological polar surface area (TPSA) is 55.6 Å². The number of aryl methyl sites for hydroxylation is 2. The average molecular weight is 308 g/mol. The second-order valence-corrected chi connectivity index (χ2v) is 6.12. The fraction of sp³-hybridized carbons (Fsp3) is 0.308. The molecular weight excluding hydrogens is 294 g/mol. The summed E-state index contributed by atoms with van der Waals surface area (Å²) in [5, 5.41) is 4.63. The van der Waals surface area contributed by atoms with Crippen molar-refractivity contribution in [1.29, 1.82) is 0 Å². The molecule has 0 bridgehead atoms. The zero-order valence-corrected chi connectivity index (χ0v) is 12.8. The minimum Gasteiger partial charge on any atom is -0.369 e. The Morgan fingerprint density at radius 3 is 3.00 bits per heavy atom. The van der Waals surface area contributed by atoms with E-state index in [-0.39, 0.29) is 5.28 Å². The molecule has 5 nitrogen and oxygen atoms in total. The molecule has 0 saturated carbocycles. The number of nitrogens with one attached hydrogen (secondary N) is 1. The third kappa shape index (κ3) is 2.62. The van der Waals surface area contributed by atoms with Gasteiger partial charge in [0, 0.05) is 37.3 Å². The Bertz CT molecular complexity index is 748. The second-order valence-electron chi connectivity index (χ2n) is 4.55. The first-order valence-electron chi connectivity index (χ1n) is 6.27. The first kappa shape index (κ1) is 13.3. The Labute approximate surface area is 125 Å². The summed E-state index contributed by atoms with van der Waals surface area (Å²) < 4.78 is 2.01. The molecule has 0 aliphatic rings. The maximum absolute atomic E-state index is 5.96. The highest BCUT2D eigenvalue weighted by Crippen LogP contribution is 2.29. The lowest BCUT2D eigenvalue weighted by Crippen LogP contribution is -2.10. The number of anilines is 1. The van der Waals surface area contributed by atoms with Crippen LogP contribution in [0.3, 0.4) is 0 Å². The van der Waals surface area contributed by atoms with E-state index in [4.69, 9.17) is 11.6 Å². The van der Waals surface area contributed by atoms with Gasteiger partial charge in [0.1, 0.15) is 16.5 Å². The van der Waals surface area contributed by atoms with E-state index in [0.717, 1.165) is 34.8 Å². The largest absolute Gasteiger partial charge is 0.369 e. The Morgan fingerprint density at radius 2 is 2.25 bits per heavy atom. The first-order valence-corrected chi connectivity index (χ1v) is 7.46. The number of imidazole rings is 1. The summed E-state index contributed by atoms with van der Waals surface area (Å²) in [5.74, 6) is 1.83. The number of hydrogen-bond acceptors (Lipinski definition) is 5. The van der Waals surface area contributed by atoms with E-state index in [0.29, 0.717) is 0 Å². The zero-order chi connectivity index (χ0) is 14.1. The number of halogens is 1. The summed E-state index contributed by atoms with van der Waals surface area (Å²) in [6.07, 6.45) is 4.57. The normalized spacial score (nSPS) is 11.2. The number of fused-ring (bicyclic) bond motifs is 1. The molecule has 7 heteroatoms. The van der Waals surface area contributed by atoms with Crippen LogP contribution in [0.5, 0.6) is 0 Å². The van der Waals surface area contributed by atoms with Crippen molar-refractivity contribution in [2.45, 2.75) is 13.3 Å². The lowest BCUT2D eigenvalue weighted by Gasteiger charge is -2.07. The van der Waals surface area contributed by atoms with Crippen LogP contribution >= 0.6 is 22.9 Å². The summed E-state index contributed by atoms with van der Waals surface area (Å²) >= 11 is 7.59. The standard InChI is InChI=1S/C13H14ClN5S/c1-8-7-9-11(17-13(14)18-12(9)20-8)16-4-3-10-15-5-6-19(10)2/h5-7H,3-4H2,1-2H3,(H,16,17,18). The van der Waals surface area contributed by atoms with E-state index in [1.54, 1.807) is 17.5 Å². The molecule has 3 aromatic heterocycles. The second kappa shape index (κ2) is 5.38. The van der Waals surface area contributed by atoms with Crippen molar-refractivity contribution in [1.82, 2.24) is 19.5 Å². The van der Waals surface area contributed by atoms with Crippen LogP contribution in [0.2, 0.25) is 5.28 Å². The maximum Gasteiger partial charge on any atom is 0.225 e. The fourth-order valence-electron chi connectivity index (χ4n) is 2.08. The minimum atomic E-state index is 0.277. The molecule has 0 aliphatic heterocycles. The molecule has 0 aliphatic carbocycles. The molecule has 0 fully saturated rings. The lowest BCUT2D eigenvalue weighted by atomic mass is 10.3. The van der Waals surface area contributed by atoms with E-state index >= 15 is 0 Å². The van der Waals surface area contributed by atoms with Gasteiger partial charge in [-0.1, -0.05) is 0 Å². The molecule has 0 saturated heterocycles. The van der Waals surface area contributed by atoms with Crippen molar-refractivity contribution in [3.63, 3.8) is 0 Å². The highest BCUT2D eigenvalue weighted by atomic mass is 35.5. The predicted octanol–water partition coefficient (Wildman–Crippen LogP) is 3.04. The number of aromatic nitrogens is 4. The fourth-order valence-corrected chi connectivity index (χ4v) is 3.18. The molecule has 0 unspecified atom stereocenters. The van der Waals surface area contributed by atoms with Gasteiger partial charge in [-0.05, 0) is 24.6 Å². The van der Waals surface area contributed by atoms with Gasteiger partial charge in [0.25, 0.3) is 0 Å². The van der Waals surface area contributed by atoms with Crippen LogP contribution in [-0.4, -0.2) is 26.1 Å². The minimum absolute atomic E-state index is 0.277. The van der Waals surface area contributed by atoms with Crippen LogP contribution in [0.15, 0.2) is 18.5 Å². The van der Waals surface area contributed by atoms with Crippen molar-refractivity contribution < 1.29 is 0 Å². The lowest BCUT2D eigenvalue weighted by molar-refractivity contribution is 0.789. The zero-order valence-electron chi connectivity index (χ0n) is 11.2. The van der Waals surface area contributed by atoms with E-state index < -0.39 is 0 Å². The molecule has 3 rings (SSSR count). The molecule has 0 aromatic carbocycles. The SMILES string of the molecule is Cc1cc2c(NCCc3nccn3C)nc(Cl)nc2s1. The molecule has 20 heavy (non-hydrogen) atoms. The highest BCUT2D eigenvalue weighted by Gasteiger charge is 2.09. The summed E-state index contributed by atoms with van der Waals surface area (Å²) in [7, 11) is 1.99. The van der Waals surface area contributed by atoms with E-state index in [9.17, 15) is 0 Å². The van der Waals surface area contributed by atoms with Crippen LogP contribution in [0.4, 0.5) is 5.82 Å². The molecule has 3 aromatic rings. The monoisotopic (exact) mass is 307 g/mol. The summed E-state index contributed by atoms with van der Waals surface area (Å²) in [5.41, 5.74) is 0. The third-order valence-corrected chi connectivity index (χ3v) is 4.16. The quantitative estimate of drug-likeness (QED) is 0.753. The summed E-state index contributed by atoms with van der Waals surface area (Å²) in [4.78, 5) is 14.9. The molecule has 0 amide bonds. The van der Waals surface area contributed by atoms with Gasteiger partial charge < -0.3 is 9.88 Å². The maximum atomic E-state index is 5.96. The average Bonchev–Trinajstić information content (AvgIpc) is 2.95. The first-order chi connectivity index (χ1) is 9.63. The molecule has 0 atom stereocenters. The molecule has 3 heterocycles. The summed E-state index contributed by atoms with van der Waals surface area (Å²) in [6, 6.07) is 2.08. The van der Waals surface area contributed by atoms with Gasteiger partial charge >= 0.3 is 0 Å². The number of thiophene rings is 1. The molecule has 0 spiro atoms. The van der Waals surface area contributed by atoms with E-state index in [2.05, 4.69) is 33.3 Å². The number of rotatable bonds is 4. The Morgan fingerprint density at radius 1 is 1.40 bits per heavy atom. The van der Waals surface area contributed by atoms with Crippen LogP contribution < -0.4 is 5.32 Å². The van der Waals surface area contributed by atoms with Crippen molar-refractivity contribution >= 4 is 39.0 Å². The molecule has 1 N–H and O–H groups in total. The Balaban J connectivity index is 1.78. The highest BCUT2D eigenvalue weighted by molar-refractivity contribution is 7.18. The van der Waals surface area contributed by atoms with Gasteiger partial charge in [0.2, 0.25) is 5.28 Å². The van der Waals surface area contributed by atoms with Gasteiger partial charge in [-0.15, -0.1) is 11.3 Å². The van der Waals surface area contributed by atoms with Crippen LogP contribution in [0, 0.1) is 6.92 Å².